The number of Topliss-reactive ketones (excluding diaryl/α,β-unsaturated/α-hetero) is 1. The topological polar surface area (TPSA) is 101 Å². The second kappa shape index (κ2) is 6.85. The number of aryl methyl sites for hydroxylation is 1. The molecular formula is C16H19N3O5S. The zero-order chi connectivity index (χ0) is 18.0. The fourth-order valence-corrected chi connectivity index (χ4v) is 4.33. The van der Waals surface area contributed by atoms with E-state index in [9.17, 15) is 18.0 Å². The van der Waals surface area contributed by atoms with E-state index in [1.54, 1.807) is 25.4 Å². The number of aromatic nitrogens is 2. The minimum atomic E-state index is -3.61. The van der Waals surface area contributed by atoms with E-state index < -0.39 is 22.6 Å². The maximum absolute atomic E-state index is 12.5. The zero-order valence-electron chi connectivity index (χ0n) is 13.8. The van der Waals surface area contributed by atoms with E-state index >= 15 is 0 Å². The SMILES string of the molecule is Cn1cc(S(=O)(=O)N2CCCC2)cc1C(=O)OCC(=O)c1ccc[nH]1. The molecule has 2 aromatic rings. The van der Waals surface area contributed by atoms with Gasteiger partial charge in [-0.05, 0) is 31.0 Å². The predicted molar refractivity (Wildman–Crippen MR) is 88.8 cm³/mol. The molecule has 0 atom stereocenters. The van der Waals surface area contributed by atoms with Gasteiger partial charge in [0.05, 0.1) is 5.69 Å². The van der Waals surface area contributed by atoms with Crippen molar-refractivity contribution in [2.75, 3.05) is 19.7 Å². The van der Waals surface area contributed by atoms with Gasteiger partial charge in [0.1, 0.15) is 10.6 Å². The number of aromatic amines is 1. The summed E-state index contributed by atoms with van der Waals surface area (Å²) >= 11 is 0. The van der Waals surface area contributed by atoms with Crippen LogP contribution in [-0.4, -0.2) is 53.7 Å². The Morgan fingerprint density at radius 2 is 2.00 bits per heavy atom. The van der Waals surface area contributed by atoms with E-state index in [4.69, 9.17) is 4.74 Å². The first kappa shape index (κ1) is 17.4. The van der Waals surface area contributed by atoms with Crippen LogP contribution in [0.5, 0.6) is 0 Å². The number of rotatable bonds is 6. The van der Waals surface area contributed by atoms with Crippen LogP contribution in [0.3, 0.4) is 0 Å². The monoisotopic (exact) mass is 365 g/mol. The van der Waals surface area contributed by atoms with Crippen LogP contribution in [0, 0.1) is 0 Å². The molecule has 3 rings (SSSR count). The highest BCUT2D eigenvalue weighted by Crippen LogP contribution is 2.22. The molecule has 8 nitrogen and oxygen atoms in total. The third-order valence-electron chi connectivity index (χ3n) is 4.12. The van der Waals surface area contributed by atoms with E-state index in [1.165, 1.54) is 21.1 Å². The molecular weight excluding hydrogens is 346 g/mol. The predicted octanol–water partition coefficient (Wildman–Crippen LogP) is 1.18. The Bertz CT molecular complexity index is 877. The van der Waals surface area contributed by atoms with Crippen molar-refractivity contribution in [3.05, 3.63) is 42.0 Å². The van der Waals surface area contributed by atoms with E-state index in [2.05, 4.69) is 4.98 Å². The smallest absolute Gasteiger partial charge is 0.355 e. The zero-order valence-corrected chi connectivity index (χ0v) is 14.6. The second-order valence-corrected chi connectivity index (χ2v) is 7.80. The van der Waals surface area contributed by atoms with Crippen molar-refractivity contribution < 1.29 is 22.7 Å². The number of ether oxygens (including phenoxy) is 1. The molecule has 0 aliphatic carbocycles. The summed E-state index contributed by atoms with van der Waals surface area (Å²) in [7, 11) is -2.05. The normalized spacial score (nSPS) is 15.4. The third-order valence-corrected chi connectivity index (χ3v) is 5.99. The molecule has 134 valence electrons. The number of H-pyrrole nitrogens is 1. The van der Waals surface area contributed by atoms with Gasteiger partial charge < -0.3 is 14.3 Å². The molecule has 25 heavy (non-hydrogen) atoms. The Balaban J connectivity index is 1.71. The first-order chi connectivity index (χ1) is 11.9. The minimum absolute atomic E-state index is 0.0551. The van der Waals surface area contributed by atoms with Crippen molar-refractivity contribution in [1.29, 1.82) is 0 Å². The van der Waals surface area contributed by atoms with Crippen LogP contribution in [0.1, 0.15) is 33.8 Å². The molecule has 1 N–H and O–H groups in total. The molecule has 1 aliphatic heterocycles. The summed E-state index contributed by atoms with van der Waals surface area (Å²) in [5.74, 6) is -1.11. The fourth-order valence-electron chi connectivity index (χ4n) is 2.74. The average molecular weight is 365 g/mol. The van der Waals surface area contributed by atoms with Gasteiger partial charge in [-0.1, -0.05) is 0 Å². The molecule has 1 fully saturated rings. The fraction of sp³-hybridized carbons (Fsp3) is 0.375. The van der Waals surface area contributed by atoms with Gasteiger partial charge in [0.25, 0.3) is 0 Å². The van der Waals surface area contributed by atoms with Crippen LogP contribution in [0.25, 0.3) is 0 Å². The van der Waals surface area contributed by atoms with Crippen molar-refractivity contribution >= 4 is 21.8 Å². The molecule has 3 heterocycles. The lowest BCUT2D eigenvalue weighted by Crippen LogP contribution is -2.27. The number of esters is 1. The molecule has 1 saturated heterocycles. The third kappa shape index (κ3) is 3.52. The minimum Gasteiger partial charge on any atom is -0.453 e. The van der Waals surface area contributed by atoms with Gasteiger partial charge in [-0.3, -0.25) is 4.79 Å². The van der Waals surface area contributed by atoms with E-state index in [0.29, 0.717) is 18.8 Å². The molecule has 2 aromatic heterocycles. The number of carbonyl (C=O) groups excluding carboxylic acids is 2. The second-order valence-electron chi connectivity index (χ2n) is 5.87. The molecule has 0 aromatic carbocycles. The lowest BCUT2D eigenvalue weighted by molar-refractivity contribution is 0.0464. The molecule has 0 unspecified atom stereocenters. The Kier molecular flexibility index (Phi) is 4.78. The van der Waals surface area contributed by atoms with Crippen molar-refractivity contribution in [2.24, 2.45) is 7.05 Å². The Morgan fingerprint density at radius 3 is 2.64 bits per heavy atom. The molecule has 9 heteroatoms. The Morgan fingerprint density at radius 1 is 1.28 bits per heavy atom. The summed E-state index contributed by atoms with van der Waals surface area (Å²) in [6.45, 7) is 0.558. The van der Waals surface area contributed by atoms with Crippen LogP contribution in [0.2, 0.25) is 0 Å². The number of ketones is 1. The number of carbonyl (C=O) groups is 2. The Hall–Kier alpha value is -2.39. The van der Waals surface area contributed by atoms with E-state index in [0.717, 1.165) is 12.8 Å². The summed E-state index contributed by atoms with van der Waals surface area (Å²) in [4.78, 5) is 26.8. The van der Waals surface area contributed by atoms with Gasteiger partial charge >= 0.3 is 5.97 Å². The van der Waals surface area contributed by atoms with Crippen molar-refractivity contribution in [1.82, 2.24) is 13.9 Å². The molecule has 0 radical (unpaired) electrons. The maximum Gasteiger partial charge on any atom is 0.355 e. The molecule has 0 saturated carbocycles. The summed E-state index contributed by atoms with van der Waals surface area (Å²) in [6.07, 6.45) is 4.66. The number of nitrogens with one attached hydrogen (secondary N) is 1. The standard InChI is InChI=1S/C16H19N3O5S/c1-18-10-12(25(22,23)19-7-2-3-8-19)9-14(18)16(21)24-11-15(20)13-5-4-6-17-13/h4-6,9-10,17H,2-3,7-8,11H2,1H3. The van der Waals surface area contributed by atoms with Crippen molar-refractivity contribution in [3.8, 4) is 0 Å². The highest BCUT2D eigenvalue weighted by Gasteiger charge is 2.29. The van der Waals surface area contributed by atoms with E-state index in [1.807, 2.05) is 0 Å². The van der Waals surface area contributed by atoms with Gasteiger partial charge in [0.15, 0.2) is 6.61 Å². The highest BCUT2D eigenvalue weighted by molar-refractivity contribution is 7.89. The molecule has 0 bridgehead atoms. The van der Waals surface area contributed by atoms with Gasteiger partial charge in [-0.25, -0.2) is 13.2 Å². The molecule has 1 aliphatic rings. The lowest BCUT2D eigenvalue weighted by Gasteiger charge is -2.13. The molecule has 0 amide bonds. The summed E-state index contributed by atoms with van der Waals surface area (Å²) < 4.78 is 32.9. The van der Waals surface area contributed by atoms with Crippen molar-refractivity contribution in [2.45, 2.75) is 17.7 Å². The number of nitrogens with zero attached hydrogens (tertiary/aromatic N) is 2. The maximum atomic E-state index is 12.5. The first-order valence-corrected chi connectivity index (χ1v) is 9.34. The summed E-state index contributed by atoms with van der Waals surface area (Å²) in [6, 6.07) is 4.54. The van der Waals surface area contributed by atoms with Crippen LogP contribution >= 0.6 is 0 Å². The van der Waals surface area contributed by atoms with Gasteiger partial charge in [-0.2, -0.15) is 4.31 Å². The summed E-state index contributed by atoms with van der Waals surface area (Å²) in [5.41, 5.74) is 0.425. The van der Waals surface area contributed by atoms with Crippen LogP contribution in [-0.2, 0) is 21.8 Å². The number of sulfonamides is 1. The highest BCUT2D eigenvalue weighted by atomic mass is 32.2. The average Bonchev–Trinajstić information content (AvgIpc) is 3.32. The Labute approximate surface area is 145 Å². The summed E-state index contributed by atoms with van der Waals surface area (Å²) in [5, 5.41) is 0. The largest absolute Gasteiger partial charge is 0.453 e. The van der Waals surface area contributed by atoms with Crippen molar-refractivity contribution in [3.63, 3.8) is 0 Å². The quantitative estimate of drug-likeness (QED) is 0.612. The lowest BCUT2D eigenvalue weighted by atomic mass is 10.3. The number of hydrogen-bond acceptors (Lipinski definition) is 5. The number of hydrogen-bond donors (Lipinski definition) is 1. The molecule has 0 spiro atoms. The van der Waals surface area contributed by atoms with Gasteiger partial charge in [-0.15, -0.1) is 0 Å². The first-order valence-electron chi connectivity index (χ1n) is 7.90. The van der Waals surface area contributed by atoms with Crippen LogP contribution < -0.4 is 0 Å². The van der Waals surface area contributed by atoms with E-state index in [-0.39, 0.29) is 16.4 Å². The van der Waals surface area contributed by atoms with Crippen LogP contribution in [0.15, 0.2) is 35.5 Å². The van der Waals surface area contributed by atoms with Gasteiger partial charge in [0.2, 0.25) is 15.8 Å². The van der Waals surface area contributed by atoms with Crippen LogP contribution in [0.4, 0.5) is 0 Å². The van der Waals surface area contributed by atoms with Gasteiger partial charge in [0, 0.05) is 32.5 Å².